The summed E-state index contributed by atoms with van der Waals surface area (Å²) in [5, 5.41) is 4.47. The lowest BCUT2D eigenvalue weighted by molar-refractivity contribution is 0.501. The Morgan fingerprint density at radius 2 is 2.40 bits per heavy atom. The quantitative estimate of drug-likeness (QED) is 0.766. The predicted molar refractivity (Wildman–Crippen MR) is 61.8 cm³/mol. The van der Waals surface area contributed by atoms with Gasteiger partial charge in [0.1, 0.15) is 0 Å². The van der Waals surface area contributed by atoms with Crippen molar-refractivity contribution in [3.8, 4) is 0 Å². The Kier molecular flexibility index (Phi) is 3.41. The lowest BCUT2D eigenvalue weighted by Crippen LogP contribution is -2.28. The molecule has 0 saturated carbocycles. The molecule has 84 valence electrons. The van der Waals surface area contributed by atoms with Gasteiger partial charge in [0.15, 0.2) is 0 Å². The largest absolute Gasteiger partial charge is 0.327 e. The van der Waals surface area contributed by atoms with Crippen LogP contribution in [0.15, 0.2) is 6.20 Å². The van der Waals surface area contributed by atoms with E-state index in [-0.39, 0.29) is 0 Å². The van der Waals surface area contributed by atoms with Crippen molar-refractivity contribution < 1.29 is 0 Å². The van der Waals surface area contributed by atoms with E-state index in [1.54, 1.807) is 0 Å². The van der Waals surface area contributed by atoms with Gasteiger partial charge in [-0.25, -0.2) is 0 Å². The minimum Gasteiger partial charge on any atom is -0.327 e. The second kappa shape index (κ2) is 4.79. The minimum absolute atomic E-state index is 0.353. The molecule has 2 N–H and O–H groups in total. The van der Waals surface area contributed by atoms with Crippen LogP contribution in [-0.2, 0) is 19.4 Å². The van der Waals surface area contributed by atoms with Crippen molar-refractivity contribution in [2.75, 3.05) is 0 Å². The second-order valence-electron chi connectivity index (χ2n) is 4.55. The number of hydrogen-bond acceptors (Lipinski definition) is 2. The van der Waals surface area contributed by atoms with E-state index in [2.05, 4.69) is 16.7 Å². The van der Waals surface area contributed by atoms with Gasteiger partial charge in [-0.3, -0.25) is 4.68 Å². The summed E-state index contributed by atoms with van der Waals surface area (Å²) in [5.41, 5.74) is 8.76. The highest BCUT2D eigenvalue weighted by atomic mass is 15.3. The van der Waals surface area contributed by atoms with Crippen molar-refractivity contribution in [3.05, 3.63) is 17.5 Å². The number of fused-ring (bicyclic) bond motifs is 1. The molecule has 0 bridgehead atoms. The maximum atomic E-state index is 5.94. The number of aromatic nitrogens is 2. The predicted octanol–water partition coefficient (Wildman–Crippen LogP) is 1.89. The summed E-state index contributed by atoms with van der Waals surface area (Å²) in [6.07, 6.45) is 9.08. The molecular formula is C12H21N3. The molecule has 0 saturated heterocycles. The van der Waals surface area contributed by atoms with Crippen LogP contribution < -0.4 is 5.73 Å². The molecule has 1 aliphatic rings. The van der Waals surface area contributed by atoms with Crippen molar-refractivity contribution in [2.45, 2.75) is 58.0 Å². The molecule has 0 amide bonds. The standard InChI is InChI=1S/C12H21N3/c1-2-3-4-7-15-12-6-5-11(13)8-10(12)9-14-15/h9,11H,2-8,13H2,1H3. The van der Waals surface area contributed by atoms with Gasteiger partial charge in [-0.15, -0.1) is 0 Å². The molecule has 0 aromatic carbocycles. The third-order valence-electron chi connectivity index (χ3n) is 3.24. The van der Waals surface area contributed by atoms with E-state index < -0.39 is 0 Å². The highest BCUT2D eigenvalue weighted by Crippen LogP contribution is 2.20. The van der Waals surface area contributed by atoms with E-state index in [1.807, 2.05) is 6.20 Å². The average Bonchev–Trinajstić information content (AvgIpc) is 2.61. The van der Waals surface area contributed by atoms with E-state index in [4.69, 9.17) is 5.73 Å². The van der Waals surface area contributed by atoms with Gasteiger partial charge in [-0.2, -0.15) is 5.10 Å². The Labute approximate surface area is 91.7 Å². The zero-order chi connectivity index (χ0) is 10.7. The summed E-state index contributed by atoms with van der Waals surface area (Å²) in [4.78, 5) is 0. The van der Waals surface area contributed by atoms with Gasteiger partial charge in [0.25, 0.3) is 0 Å². The monoisotopic (exact) mass is 207 g/mol. The lowest BCUT2D eigenvalue weighted by Gasteiger charge is -2.19. The van der Waals surface area contributed by atoms with Crippen LogP contribution >= 0.6 is 0 Å². The molecule has 1 aromatic rings. The van der Waals surface area contributed by atoms with E-state index >= 15 is 0 Å². The van der Waals surface area contributed by atoms with Crippen molar-refractivity contribution in [1.82, 2.24) is 9.78 Å². The fraction of sp³-hybridized carbons (Fsp3) is 0.750. The highest BCUT2D eigenvalue weighted by molar-refractivity contribution is 5.22. The Morgan fingerprint density at radius 3 is 3.20 bits per heavy atom. The molecule has 2 rings (SSSR count). The van der Waals surface area contributed by atoms with E-state index in [0.29, 0.717) is 6.04 Å². The minimum atomic E-state index is 0.353. The summed E-state index contributed by atoms with van der Waals surface area (Å²) in [6.45, 7) is 3.32. The van der Waals surface area contributed by atoms with E-state index in [0.717, 1.165) is 25.8 Å². The number of aryl methyl sites for hydroxylation is 1. The van der Waals surface area contributed by atoms with E-state index in [9.17, 15) is 0 Å². The maximum Gasteiger partial charge on any atom is 0.0525 e. The SMILES string of the molecule is CCCCCn1ncc2c1CCC(N)C2. The number of hydrogen-bond donors (Lipinski definition) is 1. The van der Waals surface area contributed by atoms with Gasteiger partial charge in [0.2, 0.25) is 0 Å². The molecule has 1 unspecified atom stereocenters. The molecule has 3 heteroatoms. The number of nitrogens with two attached hydrogens (primary N) is 1. The lowest BCUT2D eigenvalue weighted by atomic mass is 9.94. The van der Waals surface area contributed by atoms with E-state index in [1.165, 1.54) is 30.5 Å². The van der Waals surface area contributed by atoms with Crippen molar-refractivity contribution in [2.24, 2.45) is 5.73 Å². The van der Waals surface area contributed by atoms with Crippen LogP contribution in [0.2, 0.25) is 0 Å². The maximum absolute atomic E-state index is 5.94. The van der Waals surface area contributed by atoms with Gasteiger partial charge >= 0.3 is 0 Å². The molecule has 0 fully saturated rings. The molecule has 1 heterocycles. The van der Waals surface area contributed by atoms with Crippen LogP contribution in [0.4, 0.5) is 0 Å². The summed E-state index contributed by atoms with van der Waals surface area (Å²) in [6, 6.07) is 0.353. The smallest absolute Gasteiger partial charge is 0.0525 e. The average molecular weight is 207 g/mol. The Hall–Kier alpha value is -0.830. The summed E-state index contributed by atoms with van der Waals surface area (Å²) < 4.78 is 2.19. The Morgan fingerprint density at radius 1 is 1.53 bits per heavy atom. The van der Waals surface area contributed by atoms with Gasteiger partial charge in [0, 0.05) is 18.3 Å². The third kappa shape index (κ3) is 2.40. The summed E-state index contributed by atoms with van der Waals surface area (Å²) in [7, 11) is 0. The van der Waals surface area contributed by atoms with Crippen LogP contribution in [0, 0.1) is 0 Å². The molecule has 0 radical (unpaired) electrons. The Balaban J connectivity index is 2.01. The zero-order valence-corrected chi connectivity index (χ0v) is 9.58. The normalized spacial score (nSPS) is 20.3. The third-order valence-corrected chi connectivity index (χ3v) is 3.24. The van der Waals surface area contributed by atoms with Gasteiger partial charge < -0.3 is 5.73 Å². The van der Waals surface area contributed by atoms with Crippen LogP contribution in [0.5, 0.6) is 0 Å². The van der Waals surface area contributed by atoms with Crippen molar-refractivity contribution >= 4 is 0 Å². The van der Waals surface area contributed by atoms with Crippen LogP contribution in [-0.4, -0.2) is 15.8 Å². The summed E-state index contributed by atoms with van der Waals surface area (Å²) in [5.74, 6) is 0. The molecule has 1 atom stereocenters. The van der Waals surface area contributed by atoms with Crippen molar-refractivity contribution in [3.63, 3.8) is 0 Å². The number of rotatable bonds is 4. The topological polar surface area (TPSA) is 43.8 Å². The first-order valence-electron chi connectivity index (χ1n) is 6.10. The Bertz CT molecular complexity index is 317. The highest BCUT2D eigenvalue weighted by Gasteiger charge is 2.19. The molecule has 1 aliphatic carbocycles. The van der Waals surface area contributed by atoms with Gasteiger partial charge in [-0.1, -0.05) is 19.8 Å². The van der Waals surface area contributed by atoms with Crippen molar-refractivity contribution in [1.29, 1.82) is 0 Å². The first-order chi connectivity index (χ1) is 7.31. The molecule has 3 nitrogen and oxygen atoms in total. The molecule has 1 aromatic heterocycles. The fourth-order valence-corrected chi connectivity index (χ4v) is 2.32. The van der Waals surface area contributed by atoms with Gasteiger partial charge in [0.05, 0.1) is 6.20 Å². The first-order valence-corrected chi connectivity index (χ1v) is 6.10. The van der Waals surface area contributed by atoms with Crippen LogP contribution in [0.25, 0.3) is 0 Å². The molecule has 15 heavy (non-hydrogen) atoms. The first kappa shape index (κ1) is 10.7. The van der Waals surface area contributed by atoms with Crippen LogP contribution in [0.1, 0.15) is 43.9 Å². The second-order valence-corrected chi connectivity index (χ2v) is 4.55. The van der Waals surface area contributed by atoms with Gasteiger partial charge in [-0.05, 0) is 31.2 Å². The van der Waals surface area contributed by atoms with Crippen LogP contribution in [0.3, 0.4) is 0 Å². The summed E-state index contributed by atoms with van der Waals surface area (Å²) >= 11 is 0. The molecule has 0 spiro atoms. The number of nitrogens with zero attached hydrogens (tertiary/aromatic N) is 2. The molecular weight excluding hydrogens is 186 g/mol. The fourth-order valence-electron chi connectivity index (χ4n) is 2.32. The molecule has 0 aliphatic heterocycles. The zero-order valence-electron chi connectivity index (χ0n) is 9.58. The number of unbranched alkanes of at least 4 members (excludes halogenated alkanes) is 2.